The number of nitrogens with two attached hydrogens (primary N) is 1. The van der Waals surface area contributed by atoms with E-state index < -0.39 is 6.10 Å². The molecule has 1 atom stereocenters. The number of aliphatic hydroxyl groups excluding tert-OH is 1. The summed E-state index contributed by atoms with van der Waals surface area (Å²) >= 11 is 0. The van der Waals surface area contributed by atoms with Crippen LogP contribution in [0.15, 0.2) is 6.33 Å². The molecule has 0 spiro atoms. The van der Waals surface area contributed by atoms with Crippen molar-refractivity contribution in [3.05, 3.63) is 6.33 Å². The van der Waals surface area contributed by atoms with E-state index in [9.17, 15) is 5.11 Å². The minimum atomic E-state index is -0.453. The van der Waals surface area contributed by atoms with E-state index in [0.29, 0.717) is 30.4 Å². The zero-order valence-corrected chi connectivity index (χ0v) is 11.4. The Morgan fingerprint density at radius 3 is 2.67 bits per heavy atom. The Kier molecular flexibility index (Phi) is 4.72. The third kappa shape index (κ3) is 4.37. The molecule has 6 heteroatoms. The van der Waals surface area contributed by atoms with Gasteiger partial charge in [-0.3, -0.25) is 0 Å². The fraction of sp³-hybridized carbons (Fsp3) is 0.667. The molecule has 0 aliphatic heterocycles. The molecule has 0 fully saturated rings. The molecule has 0 saturated heterocycles. The minimum absolute atomic E-state index is 0.0794. The molecule has 1 aromatic heterocycles. The summed E-state index contributed by atoms with van der Waals surface area (Å²) in [6.07, 6.45) is 1.61. The van der Waals surface area contributed by atoms with Crippen molar-refractivity contribution >= 4 is 11.5 Å². The first kappa shape index (κ1) is 14.5. The number of hydrogen-bond donors (Lipinski definition) is 3. The number of anilines is 2. The fourth-order valence-electron chi connectivity index (χ4n) is 1.68. The quantitative estimate of drug-likeness (QED) is 0.733. The van der Waals surface area contributed by atoms with Crippen LogP contribution < -0.4 is 15.8 Å². The summed E-state index contributed by atoms with van der Waals surface area (Å²) in [5.74, 6) is 0.813. The summed E-state index contributed by atoms with van der Waals surface area (Å²) in [7, 11) is 1.50. The van der Waals surface area contributed by atoms with Crippen molar-refractivity contribution in [3.8, 4) is 5.88 Å². The van der Waals surface area contributed by atoms with Crippen molar-refractivity contribution in [3.63, 3.8) is 0 Å². The topological polar surface area (TPSA) is 93.3 Å². The first-order valence-electron chi connectivity index (χ1n) is 5.90. The van der Waals surface area contributed by atoms with Gasteiger partial charge in [0.15, 0.2) is 5.82 Å². The molecular weight excluding hydrogens is 232 g/mol. The highest BCUT2D eigenvalue weighted by Gasteiger charge is 2.17. The highest BCUT2D eigenvalue weighted by molar-refractivity contribution is 5.66. The molecule has 0 amide bonds. The van der Waals surface area contributed by atoms with Gasteiger partial charge in [-0.25, -0.2) is 4.98 Å². The average Bonchev–Trinajstić information content (AvgIpc) is 2.25. The van der Waals surface area contributed by atoms with Gasteiger partial charge in [-0.1, -0.05) is 20.8 Å². The van der Waals surface area contributed by atoms with Crippen LogP contribution in [0, 0.1) is 5.41 Å². The molecule has 1 aromatic rings. The lowest BCUT2D eigenvalue weighted by molar-refractivity contribution is 0.132. The van der Waals surface area contributed by atoms with Crippen molar-refractivity contribution in [2.24, 2.45) is 5.41 Å². The lowest BCUT2D eigenvalue weighted by Gasteiger charge is -2.22. The molecule has 0 bridgehead atoms. The van der Waals surface area contributed by atoms with E-state index in [-0.39, 0.29) is 5.41 Å². The van der Waals surface area contributed by atoms with Crippen molar-refractivity contribution in [2.75, 3.05) is 24.7 Å². The molecule has 0 radical (unpaired) electrons. The molecule has 102 valence electrons. The highest BCUT2D eigenvalue weighted by Crippen LogP contribution is 2.25. The van der Waals surface area contributed by atoms with Gasteiger partial charge >= 0.3 is 0 Å². The molecule has 0 aromatic carbocycles. The number of nitrogens with one attached hydrogen (secondary N) is 1. The maximum atomic E-state index is 9.89. The van der Waals surface area contributed by atoms with Gasteiger partial charge < -0.3 is 20.9 Å². The Bertz CT molecular complexity index is 390. The molecule has 4 N–H and O–H groups in total. The van der Waals surface area contributed by atoms with Crippen LogP contribution in [0.5, 0.6) is 5.88 Å². The monoisotopic (exact) mass is 254 g/mol. The summed E-state index contributed by atoms with van der Waals surface area (Å²) in [6, 6.07) is 0. The predicted octanol–water partition coefficient (Wildman–Crippen LogP) is 1.28. The minimum Gasteiger partial charge on any atom is -0.479 e. The number of aromatic nitrogens is 2. The van der Waals surface area contributed by atoms with Crippen molar-refractivity contribution in [2.45, 2.75) is 33.3 Å². The Balaban J connectivity index is 2.58. The Labute approximate surface area is 108 Å². The van der Waals surface area contributed by atoms with Gasteiger partial charge in [-0.2, -0.15) is 4.98 Å². The zero-order valence-electron chi connectivity index (χ0n) is 11.4. The first-order chi connectivity index (χ1) is 8.33. The standard InChI is InChI=1S/C12H22N4O2/c1-12(2,3)5-8(17)6-14-10-9(13)11(18-4)16-7-15-10/h7-8,17H,5-6,13H2,1-4H3,(H,14,15,16). The normalized spacial score (nSPS) is 13.2. The van der Waals surface area contributed by atoms with Crippen LogP contribution in [0.4, 0.5) is 11.5 Å². The molecule has 0 aliphatic rings. The highest BCUT2D eigenvalue weighted by atomic mass is 16.5. The number of ether oxygens (including phenoxy) is 1. The molecular formula is C12H22N4O2. The van der Waals surface area contributed by atoms with Crippen molar-refractivity contribution in [1.82, 2.24) is 9.97 Å². The van der Waals surface area contributed by atoms with Crippen molar-refractivity contribution in [1.29, 1.82) is 0 Å². The maximum Gasteiger partial charge on any atom is 0.242 e. The van der Waals surface area contributed by atoms with E-state index in [0.717, 1.165) is 0 Å². The fourth-order valence-corrected chi connectivity index (χ4v) is 1.68. The maximum absolute atomic E-state index is 9.89. The van der Waals surface area contributed by atoms with E-state index in [1.165, 1.54) is 13.4 Å². The van der Waals surface area contributed by atoms with Gasteiger partial charge in [0.25, 0.3) is 0 Å². The molecule has 18 heavy (non-hydrogen) atoms. The number of methoxy groups -OCH3 is 1. The lowest BCUT2D eigenvalue weighted by atomic mass is 9.89. The summed E-state index contributed by atoms with van der Waals surface area (Å²) in [5.41, 5.74) is 6.24. The van der Waals surface area contributed by atoms with Crippen LogP contribution in [0.1, 0.15) is 27.2 Å². The number of rotatable bonds is 5. The van der Waals surface area contributed by atoms with E-state index >= 15 is 0 Å². The average molecular weight is 254 g/mol. The van der Waals surface area contributed by atoms with Crippen LogP contribution in [-0.4, -0.2) is 34.8 Å². The Hall–Kier alpha value is -1.56. The van der Waals surface area contributed by atoms with Crippen LogP contribution in [-0.2, 0) is 0 Å². The van der Waals surface area contributed by atoms with Crippen LogP contribution in [0.2, 0.25) is 0 Å². The van der Waals surface area contributed by atoms with Crippen LogP contribution in [0.3, 0.4) is 0 Å². The van der Waals surface area contributed by atoms with E-state index in [2.05, 4.69) is 36.1 Å². The van der Waals surface area contributed by atoms with Gasteiger partial charge in [-0.15, -0.1) is 0 Å². The SMILES string of the molecule is COc1ncnc(NCC(O)CC(C)(C)C)c1N. The van der Waals surface area contributed by atoms with E-state index in [1.807, 2.05) is 0 Å². The second-order valence-electron chi connectivity index (χ2n) is 5.44. The predicted molar refractivity (Wildman–Crippen MR) is 71.6 cm³/mol. The third-order valence-corrected chi connectivity index (χ3v) is 2.39. The van der Waals surface area contributed by atoms with Gasteiger partial charge in [0.1, 0.15) is 12.0 Å². The smallest absolute Gasteiger partial charge is 0.242 e. The van der Waals surface area contributed by atoms with Crippen molar-refractivity contribution < 1.29 is 9.84 Å². The third-order valence-electron chi connectivity index (χ3n) is 2.39. The molecule has 1 heterocycles. The molecule has 1 unspecified atom stereocenters. The molecule has 6 nitrogen and oxygen atoms in total. The number of nitrogen functional groups attached to an aromatic ring is 1. The lowest BCUT2D eigenvalue weighted by Crippen LogP contribution is -2.25. The second kappa shape index (κ2) is 5.86. The van der Waals surface area contributed by atoms with Gasteiger partial charge in [0.2, 0.25) is 5.88 Å². The summed E-state index contributed by atoms with van der Waals surface area (Å²) in [4.78, 5) is 7.90. The number of hydrogen-bond acceptors (Lipinski definition) is 6. The molecule has 0 aliphatic carbocycles. The summed E-state index contributed by atoms with van der Waals surface area (Å²) in [5, 5.41) is 12.9. The molecule has 0 saturated carbocycles. The van der Waals surface area contributed by atoms with E-state index in [4.69, 9.17) is 10.5 Å². The second-order valence-corrected chi connectivity index (χ2v) is 5.44. The Morgan fingerprint density at radius 2 is 2.11 bits per heavy atom. The van der Waals surface area contributed by atoms with Gasteiger partial charge in [0, 0.05) is 6.54 Å². The molecule has 1 rings (SSSR count). The van der Waals surface area contributed by atoms with Gasteiger partial charge in [0.05, 0.1) is 13.2 Å². The number of aliphatic hydroxyl groups is 1. The first-order valence-corrected chi connectivity index (χ1v) is 5.90. The largest absolute Gasteiger partial charge is 0.479 e. The zero-order chi connectivity index (χ0) is 13.8. The number of nitrogens with zero attached hydrogens (tertiary/aromatic N) is 2. The summed E-state index contributed by atoms with van der Waals surface area (Å²) < 4.78 is 4.99. The van der Waals surface area contributed by atoms with Crippen LogP contribution >= 0.6 is 0 Å². The Morgan fingerprint density at radius 1 is 1.44 bits per heavy atom. The van der Waals surface area contributed by atoms with Gasteiger partial charge in [-0.05, 0) is 11.8 Å². The van der Waals surface area contributed by atoms with E-state index in [1.54, 1.807) is 0 Å². The van der Waals surface area contributed by atoms with Crippen LogP contribution in [0.25, 0.3) is 0 Å². The summed E-state index contributed by atoms with van der Waals surface area (Å²) in [6.45, 7) is 6.64.